The van der Waals surface area contributed by atoms with E-state index in [1.165, 1.54) is 42.7 Å². The fourth-order valence-corrected chi connectivity index (χ4v) is 3.36. The molecule has 1 aliphatic carbocycles. The van der Waals surface area contributed by atoms with E-state index in [9.17, 15) is 18.4 Å². The number of para-hydroxylation sites is 2. The molecule has 0 bridgehead atoms. The van der Waals surface area contributed by atoms with Gasteiger partial charge in [-0.05, 0) is 61.4 Å². The molecule has 1 aliphatic rings. The number of fused-ring (bicyclic) bond motifs is 1. The fourth-order valence-electron chi connectivity index (χ4n) is 3.36. The molecule has 0 aliphatic heterocycles. The summed E-state index contributed by atoms with van der Waals surface area (Å²) in [6.07, 6.45) is 3.39. The van der Waals surface area contributed by atoms with Gasteiger partial charge in [-0.1, -0.05) is 30.3 Å². The highest BCUT2D eigenvalue weighted by atomic mass is 19.3. The van der Waals surface area contributed by atoms with Crippen molar-refractivity contribution in [3.8, 4) is 5.75 Å². The predicted octanol–water partition coefficient (Wildman–Crippen LogP) is 4.28. The third-order valence-electron chi connectivity index (χ3n) is 4.80. The van der Waals surface area contributed by atoms with Crippen molar-refractivity contribution in [2.75, 3.05) is 5.32 Å². The zero-order valence-corrected chi connectivity index (χ0v) is 16.1. The molecule has 1 atom stereocenters. The van der Waals surface area contributed by atoms with Crippen LogP contribution in [0.5, 0.6) is 5.75 Å². The summed E-state index contributed by atoms with van der Waals surface area (Å²) in [6, 6.07) is 11.8. The average Bonchev–Trinajstić information content (AvgIpc) is 2.68. The molecule has 0 heterocycles. The largest absolute Gasteiger partial charge is 0.452 e. The zero-order chi connectivity index (χ0) is 20.8. The molecule has 0 saturated carbocycles. The van der Waals surface area contributed by atoms with Crippen LogP contribution in [-0.2, 0) is 33.6 Å². The van der Waals surface area contributed by atoms with Crippen LogP contribution in [0.4, 0.5) is 14.5 Å². The van der Waals surface area contributed by atoms with E-state index in [-0.39, 0.29) is 17.9 Å². The molecule has 5 nitrogen and oxygen atoms in total. The normalized spacial score (nSPS) is 14.1. The molecule has 1 N–H and O–H groups in total. The van der Waals surface area contributed by atoms with E-state index in [2.05, 4.69) is 10.1 Å². The van der Waals surface area contributed by atoms with Gasteiger partial charge >= 0.3 is 12.6 Å². The first-order valence-corrected chi connectivity index (χ1v) is 9.57. The van der Waals surface area contributed by atoms with Gasteiger partial charge in [-0.25, -0.2) is 0 Å². The first-order valence-electron chi connectivity index (χ1n) is 9.57. The molecular weight excluding hydrogens is 380 g/mol. The Morgan fingerprint density at radius 2 is 1.79 bits per heavy atom. The van der Waals surface area contributed by atoms with Crippen LogP contribution in [0.1, 0.15) is 36.5 Å². The minimum Gasteiger partial charge on any atom is -0.452 e. The Bertz CT molecular complexity index is 885. The Morgan fingerprint density at radius 3 is 2.55 bits per heavy atom. The Hall–Kier alpha value is -2.96. The topological polar surface area (TPSA) is 64.6 Å². The Kier molecular flexibility index (Phi) is 6.80. The van der Waals surface area contributed by atoms with Gasteiger partial charge in [0.25, 0.3) is 5.91 Å². The number of hydrogen-bond donors (Lipinski definition) is 1. The number of carbonyl (C=O) groups is 2. The van der Waals surface area contributed by atoms with Gasteiger partial charge in [-0.3, -0.25) is 9.59 Å². The number of halogens is 2. The molecule has 0 spiro atoms. The highest BCUT2D eigenvalue weighted by molar-refractivity contribution is 5.96. The van der Waals surface area contributed by atoms with Gasteiger partial charge < -0.3 is 14.8 Å². The summed E-state index contributed by atoms with van der Waals surface area (Å²) in [6.45, 7) is -1.59. The van der Waals surface area contributed by atoms with Gasteiger partial charge in [0.05, 0.1) is 12.1 Å². The number of rotatable bonds is 7. The quantitative estimate of drug-likeness (QED) is 0.701. The second-order valence-corrected chi connectivity index (χ2v) is 6.98. The summed E-state index contributed by atoms with van der Waals surface area (Å²) in [4.78, 5) is 24.5. The van der Waals surface area contributed by atoms with E-state index in [0.717, 1.165) is 24.8 Å². The van der Waals surface area contributed by atoms with Crippen molar-refractivity contribution in [1.82, 2.24) is 0 Å². The van der Waals surface area contributed by atoms with E-state index >= 15 is 0 Å². The highest BCUT2D eigenvalue weighted by Crippen LogP contribution is 2.26. The smallest absolute Gasteiger partial charge is 0.387 e. The van der Waals surface area contributed by atoms with Crippen LogP contribution < -0.4 is 10.1 Å². The van der Waals surface area contributed by atoms with Crippen LogP contribution >= 0.6 is 0 Å². The number of alkyl halides is 2. The van der Waals surface area contributed by atoms with Gasteiger partial charge in [0.15, 0.2) is 6.10 Å². The van der Waals surface area contributed by atoms with Crippen LogP contribution in [-0.4, -0.2) is 24.6 Å². The number of benzene rings is 2. The third-order valence-corrected chi connectivity index (χ3v) is 4.80. The molecule has 2 aromatic rings. The monoisotopic (exact) mass is 403 g/mol. The molecule has 7 heteroatoms. The van der Waals surface area contributed by atoms with Crippen molar-refractivity contribution < 1.29 is 27.8 Å². The van der Waals surface area contributed by atoms with Crippen LogP contribution in [0.3, 0.4) is 0 Å². The molecule has 1 amide bonds. The number of aryl methyl sites for hydroxylation is 2. The van der Waals surface area contributed by atoms with Crippen molar-refractivity contribution in [3.63, 3.8) is 0 Å². The van der Waals surface area contributed by atoms with E-state index in [1.54, 1.807) is 6.07 Å². The molecular formula is C22H23F2NO4. The summed E-state index contributed by atoms with van der Waals surface area (Å²) in [5.74, 6) is -1.32. The molecule has 0 unspecified atom stereocenters. The first kappa shape index (κ1) is 20.8. The summed E-state index contributed by atoms with van der Waals surface area (Å²) in [7, 11) is 0. The van der Waals surface area contributed by atoms with Gasteiger partial charge in [0.2, 0.25) is 0 Å². The average molecular weight is 403 g/mol. The summed E-state index contributed by atoms with van der Waals surface area (Å²) < 4.78 is 34.5. The van der Waals surface area contributed by atoms with E-state index in [4.69, 9.17) is 4.74 Å². The minimum absolute atomic E-state index is 0.0655. The maximum absolute atomic E-state index is 12.5. The van der Waals surface area contributed by atoms with Crippen molar-refractivity contribution in [2.24, 2.45) is 0 Å². The molecule has 0 fully saturated rings. The zero-order valence-electron chi connectivity index (χ0n) is 16.1. The number of carbonyl (C=O) groups excluding carboxylic acids is 2. The molecule has 2 aromatic carbocycles. The summed E-state index contributed by atoms with van der Waals surface area (Å²) >= 11 is 0. The number of esters is 1. The predicted molar refractivity (Wildman–Crippen MR) is 104 cm³/mol. The summed E-state index contributed by atoms with van der Waals surface area (Å²) in [5.41, 5.74) is 3.52. The van der Waals surface area contributed by atoms with Gasteiger partial charge in [0.1, 0.15) is 5.75 Å². The maximum atomic E-state index is 12.5. The number of nitrogens with one attached hydrogen (secondary N) is 1. The van der Waals surface area contributed by atoms with Gasteiger partial charge in [-0.15, -0.1) is 0 Å². The molecule has 0 saturated heterocycles. The molecule has 0 aromatic heterocycles. The lowest BCUT2D eigenvalue weighted by atomic mass is 9.90. The minimum atomic E-state index is -3.01. The first-order chi connectivity index (χ1) is 13.9. The molecule has 154 valence electrons. The van der Waals surface area contributed by atoms with E-state index in [0.29, 0.717) is 0 Å². The second-order valence-electron chi connectivity index (χ2n) is 6.98. The van der Waals surface area contributed by atoms with E-state index < -0.39 is 24.6 Å². The van der Waals surface area contributed by atoms with E-state index in [1.807, 2.05) is 18.2 Å². The number of amides is 1. The number of anilines is 1. The van der Waals surface area contributed by atoms with Crippen molar-refractivity contribution in [3.05, 3.63) is 59.2 Å². The lowest BCUT2D eigenvalue weighted by Gasteiger charge is -2.17. The molecule has 29 heavy (non-hydrogen) atoms. The lowest BCUT2D eigenvalue weighted by Crippen LogP contribution is -2.30. The number of hydrogen-bond acceptors (Lipinski definition) is 4. The SMILES string of the molecule is C[C@@H](OC(=O)Cc1ccc2c(c1)CCCC2)C(=O)Nc1ccccc1OC(F)F. The third kappa shape index (κ3) is 5.76. The van der Waals surface area contributed by atoms with Crippen LogP contribution in [0.2, 0.25) is 0 Å². The Balaban J connectivity index is 1.56. The van der Waals surface area contributed by atoms with Gasteiger partial charge in [-0.2, -0.15) is 8.78 Å². The van der Waals surface area contributed by atoms with Crippen molar-refractivity contribution in [2.45, 2.75) is 51.7 Å². The van der Waals surface area contributed by atoms with Crippen molar-refractivity contribution >= 4 is 17.6 Å². The summed E-state index contributed by atoms with van der Waals surface area (Å²) in [5, 5.41) is 2.45. The standard InChI is InChI=1S/C22H23F2NO4/c1-14(21(27)25-18-8-4-5-9-19(18)29-22(23)24)28-20(26)13-15-10-11-16-6-2-3-7-17(16)12-15/h4-5,8-12,14,22H,2-3,6-7,13H2,1H3,(H,25,27)/t14-/m1/s1. The fraction of sp³-hybridized carbons (Fsp3) is 0.364. The second kappa shape index (κ2) is 9.49. The molecule has 0 radical (unpaired) electrons. The highest BCUT2D eigenvalue weighted by Gasteiger charge is 2.20. The van der Waals surface area contributed by atoms with Crippen LogP contribution in [0.25, 0.3) is 0 Å². The van der Waals surface area contributed by atoms with Gasteiger partial charge in [0, 0.05) is 0 Å². The Morgan fingerprint density at radius 1 is 1.07 bits per heavy atom. The number of ether oxygens (including phenoxy) is 2. The van der Waals surface area contributed by atoms with Crippen molar-refractivity contribution in [1.29, 1.82) is 0 Å². The van der Waals surface area contributed by atoms with Crippen LogP contribution in [0.15, 0.2) is 42.5 Å². The van der Waals surface area contributed by atoms with Crippen LogP contribution in [0, 0.1) is 0 Å². The Labute approximate surface area is 168 Å². The lowest BCUT2D eigenvalue weighted by molar-refractivity contribution is -0.152. The molecule has 3 rings (SSSR count). The maximum Gasteiger partial charge on any atom is 0.387 e.